The van der Waals surface area contributed by atoms with E-state index < -0.39 is 0 Å². The van der Waals surface area contributed by atoms with Crippen molar-refractivity contribution in [1.29, 1.82) is 0 Å². The van der Waals surface area contributed by atoms with Gasteiger partial charge in [0.25, 0.3) is 0 Å². The van der Waals surface area contributed by atoms with E-state index in [1.807, 2.05) is 18.2 Å². The van der Waals surface area contributed by atoms with Gasteiger partial charge < -0.3 is 4.84 Å². The van der Waals surface area contributed by atoms with E-state index in [1.54, 1.807) is 24.3 Å². The summed E-state index contributed by atoms with van der Waals surface area (Å²) in [5.74, 6) is -0.302. The first-order valence-electron chi connectivity index (χ1n) is 6.33. The summed E-state index contributed by atoms with van der Waals surface area (Å²) in [6, 6.07) is 14.8. The van der Waals surface area contributed by atoms with Crippen LogP contribution >= 0.6 is 0 Å². The van der Waals surface area contributed by atoms with Crippen molar-refractivity contribution in [2.24, 2.45) is 0 Å². The van der Waals surface area contributed by atoms with Crippen LogP contribution < -0.4 is 5.48 Å². The summed E-state index contributed by atoms with van der Waals surface area (Å²) < 4.78 is 12.9. The lowest BCUT2D eigenvalue weighted by molar-refractivity contribution is 0.0545. The molecule has 0 spiro atoms. The van der Waals surface area contributed by atoms with Gasteiger partial charge in [0.1, 0.15) is 5.82 Å². The predicted octanol–water partition coefficient (Wildman–Crippen LogP) is 3.29. The fraction of sp³-hybridized carbons (Fsp3) is 0.188. The monoisotopic (exact) mass is 273 g/mol. The average molecular weight is 273 g/mol. The Balaban J connectivity index is 2.13. The molecule has 0 heterocycles. The zero-order valence-corrected chi connectivity index (χ0v) is 11.2. The van der Waals surface area contributed by atoms with Crippen LogP contribution in [0.2, 0.25) is 0 Å². The first kappa shape index (κ1) is 14.4. The largest absolute Gasteiger partial charge is 0.305 e. The van der Waals surface area contributed by atoms with E-state index in [0.29, 0.717) is 5.56 Å². The summed E-state index contributed by atoms with van der Waals surface area (Å²) in [6.07, 6.45) is 0.240. The number of ketones is 1. The number of benzene rings is 2. The van der Waals surface area contributed by atoms with Crippen LogP contribution in [0.4, 0.5) is 4.39 Å². The van der Waals surface area contributed by atoms with E-state index in [1.165, 1.54) is 19.2 Å². The lowest BCUT2D eigenvalue weighted by Crippen LogP contribution is -2.23. The molecule has 1 unspecified atom stereocenters. The van der Waals surface area contributed by atoms with Crippen LogP contribution in [-0.2, 0) is 4.84 Å². The van der Waals surface area contributed by atoms with Crippen LogP contribution in [-0.4, -0.2) is 12.9 Å². The quantitative estimate of drug-likeness (QED) is 0.648. The maximum Gasteiger partial charge on any atom is 0.164 e. The van der Waals surface area contributed by atoms with Crippen LogP contribution in [0.1, 0.15) is 28.4 Å². The van der Waals surface area contributed by atoms with Gasteiger partial charge in [-0.3, -0.25) is 4.79 Å². The highest BCUT2D eigenvalue weighted by Crippen LogP contribution is 2.19. The Morgan fingerprint density at radius 1 is 1.15 bits per heavy atom. The molecule has 0 aromatic heterocycles. The maximum atomic E-state index is 12.9. The summed E-state index contributed by atoms with van der Waals surface area (Å²) >= 11 is 0. The van der Waals surface area contributed by atoms with Crippen LogP contribution in [0.15, 0.2) is 54.6 Å². The molecule has 0 fully saturated rings. The number of hydrogen-bond donors (Lipinski definition) is 1. The van der Waals surface area contributed by atoms with Gasteiger partial charge in [-0.1, -0.05) is 42.5 Å². The number of rotatable bonds is 6. The van der Waals surface area contributed by atoms with Crippen molar-refractivity contribution < 1.29 is 14.0 Å². The molecule has 0 amide bonds. The molecule has 2 rings (SSSR count). The normalized spacial score (nSPS) is 12.1. The first-order valence-corrected chi connectivity index (χ1v) is 6.33. The molecular weight excluding hydrogens is 257 g/mol. The second-order valence-electron chi connectivity index (χ2n) is 4.42. The molecule has 0 bridgehead atoms. The van der Waals surface area contributed by atoms with Crippen LogP contribution in [0.3, 0.4) is 0 Å². The summed E-state index contributed by atoms with van der Waals surface area (Å²) in [7, 11) is 1.49. The van der Waals surface area contributed by atoms with Crippen molar-refractivity contribution >= 4 is 5.78 Å². The van der Waals surface area contributed by atoms with Crippen LogP contribution in [0.25, 0.3) is 0 Å². The highest BCUT2D eigenvalue weighted by molar-refractivity contribution is 5.96. The van der Waals surface area contributed by atoms with Gasteiger partial charge >= 0.3 is 0 Å². The van der Waals surface area contributed by atoms with E-state index in [-0.39, 0.29) is 24.1 Å². The number of hydroxylamine groups is 1. The van der Waals surface area contributed by atoms with E-state index in [9.17, 15) is 9.18 Å². The number of halogens is 1. The predicted molar refractivity (Wildman–Crippen MR) is 74.7 cm³/mol. The third kappa shape index (κ3) is 3.73. The Bertz CT molecular complexity index is 554. The third-order valence-electron chi connectivity index (χ3n) is 3.02. The zero-order valence-electron chi connectivity index (χ0n) is 11.2. The van der Waals surface area contributed by atoms with Gasteiger partial charge in [-0.25, -0.2) is 4.39 Å². The minimum atomic E-state index is -0.312. The SMILES string of the molecule is CONC(CC(=O)c1ccccc1)c1ccc(F)cc1. The summed E-state index contributed by atoms with van der Waals surface area (Å²) in [6.45, 7) is 0. The molecule has 104 valence electrons. The summed E-state index contributed by atoms with van der Waals surface area (Å²) in [5.41, 5.74) is 4.23. The molecule has 4 heteroatoms. The molecule has 0 saturated carbocycles. The van der Waals surface area contributed by atoms with Crippen molar-refractivity contribution in [2.45, 2.75) is 12.5 Å². The number of Topliss-reactive ketones (excluding diaryl/α,β-unsaturated/α-hetero) is 1. The topological polar surface area (TPSA) is 38.3 Å². The van der Waals surface area contributed by atoms with Crippen molar-refractivity contribution in [3.05, 3.63) is 71.5 Å². The van der Waals surface area contributed by atoms with Crippen LogP contribution in [0.5, 0.6) is 0 Å². The lowest BCUT2D eigenvalue weighted by atomic mass is 9.98. The molecule has 1 N–H and O–H groups in total. The lowest BCUT2D eigenvalue weighted by Gasteiger charge is -2.17. The second kappa shape index (κ2) is 6.93. The molecule has 0 saturated heterocycles. The van der Waals surface area contributed by atoms with Crippen LogP contribution in [0, 0.1) is 5.82 Å². The van der Waals surface area contributed by atoms with E-state index in [0.717, 1.165) is 5.56 Å². The minimum Gasteiger partial charge on any atom is -0.305 e. The highest BCUT2D eigenvalue weighted by Gasteiger charge is 2.17. The smallest absolute Gasteiger partial charge is 0.164 e. The summed E-state index contributed by atoms with van der Waals surface area (Å²) in [5, 5.41) is 0. The first-order chi connectivity index (χ1) is 9.70. The Morgan fingerprint density at radius 3 is 2.40 bits per heavy atom. The van der Waals surface area contributed by atoms with Gasteiger partial charge in [-0.2, -0.15) is 5.48 Å². The van der Waals surface area contributed by atoms with Gasteiger partial charge in [-0.15, -0.1) is 0 Å². The molecule has 0 aliphatic heterocycles. The molecule has 3 nitrogen and oxygen atoms in total. The second-order valence-corrected chi connectivity index (χ2v) is 4.42. The molecule has 2 aromatic carbocycles. The molecule has 0 aliphatic carbocycles. The number of carbonyl (C=O) groups excluding carboxylic acids is 1. The number of hydrogen-bond acceptors (Lipinski definition) is 3. The fourth-order valence-corrected chi connectivity index (χ4v) is 1.99. The molecule has 20 heavy (non-hydrogen) atoms. The van der Waals surface area contributed by atoms with Gasteiger partial charge in [0.15, 0.2) is 5.78 Å². The Kier molecular flexibility index (Phi) is 4.98. The summed E-state index contributed by atoms with van der Waals surface area (Å²) in [4.78, 5) is 17.1. The molecule has 0 radical (unpaired) electrons. The van der Waals surface area contributed by atoms with Crippen molar-refractivity contribution in [1.82, 2.24) is 5.48 Å². The van der Waals surface area contributed by atoms with E-state index >= 15 is 0 Å². The van der Waals surface area contributed by atoms with Gasteiger partial charge in [0, 0.05) is 12.0 Å². The van der Waals surface area contributed by atoms with Gasteiger partial charge in [0.2, 0.25) is 0 Å². The Morgan fingerprint density at radius 2 is 1.80 bits per heavy atom. The van der Waals surface area contributed by atoms with Gasteiger partial charge in [-0.05, 0) is 17.7 Å². The van der Waals surface area contributed by atoms with Crippen molar-refractivity contribution in [3.8, 4) is 0 Å². The van der Waals surface area contributed by atoms with Crippen molar-refractivity contribution in [3.63, 3.8) is 0 Å². The minimum absolute atomic E-state index is 0.00414. The molecule has 1 atom stereocenters. The standard InChI is InChI=1S/C16H16FNO2/c1-20-18-15(12-7-9-14(17)10-8-12)11-16(19)13-5-3-2-4-6-13/h2-10,15,18H,11H2,1H3. The average Bonchev–Trinajstić information content (AvgIpc) is 2.48. The van der Waals surface area contributed by atoms with Gasteiger partial charge in [0.05, 0.1) is 13.2 Å². The maximum absolute atomic E-state index is 12.9. The highest BCUT2D eigenvalue weighted by atomic mass is 19.1. The molecule has 0 aliphatic rings. The Labute approximate surface area is 117 Å². The number of nitrogens with one attached hydrogen (secondary N) is 1. The third-order valence-corrected chi connectivity index (χ3v) is 3.02. The Hall–Kier alpha value is -2.04. The number of carbonyl (C=O) groups is 1. The van der Waals surface area contributed by atoms with E-state index in [2.05, 4.69) is 5.48 Å². The fourth-order valence-electron chi connectivity index (χ4n) is 1.99. The molecular formula is C16H16FNO2. The van der Waals surface area contributed by atoms with E-state index in [4.69, 9.17) is 4.84 Å². The zero-order chi connectivity index (χ0) is 14.4. The van der Waals surface area contributed by atoms with Crippen molar-refractivity contribution in [2.75, 3.05) is 7.11 Å². The molecule has 2 aromatic rings.